The largest absolute Gasteiger partial charge is 0.488 e. The summed E-state index contributed by atoms with van der Waals surface area (Å²) in [6.07, 6.45) is 1.31. The maximum atomic E-state index is 13.7. The van der Waals surface area contributed by atoms with E-state index >= 15 is 0 Å². The average molecular weight is 549 g/mol. The predicted molar refractivity (Wildman–Crippen MR) is 150 cm³/mol. The van der Waals surface area contributed by atoms with E-state index in [1.54, 1.807) is 24.3 Å². The summed E-state index contributed by atoms with van der Waals surface area (Å²) >= 11 is 0. The number of aryl methyl sites for hydroxylation is 1. The first-order valence-electron chi connectivity index (χ1n) is 13.5. The topological polar surface area (TPSA) is 87.2 Å². The fraction of sp³-hybridized carbons (Fsp3) is 0.387. The minimum absolute atomic E-state index is 0.0394. The quantitative estimate of drug-likeness (QED) is 0.450. The summed E-state index contributed by atoms with van der Waals surface area (Å²) < 4.78 is 35.0. The third kappa shape index (κ3) is 5.73. The second-order valence-electron chi connectivity index (χ2n) is 10.7. The Morgan fingerprint density at radius 3 is 2.59 bits per heavy atom. The molecule has 0 radical (unpaired) electrons. The molecule has 7 nitrogen and oxygen atoms in total. The number of rotatable bonds is 7. The number of fused-ring (bicyclic) bond motifs is 2. The van der Waals surface area contributed by atoms with Gasteiger partial charge in [-0.3, -0.25) is 4.79 Å². The number of nitrogens with zero attached hydrogens (tertiary/aromatic N) is 2. The Kier molecular flexibility index (Phi) is 7.80. The molecule has 0 aliphatic carbocycles. The van der Waals surface area contributed by atoms with Crippen molar-refractivity contribution in [2.45, 2.75) is 63.1 Å². The van der Waals surface area contributed by atoms with E-state index in [9.17, 15) is 18.3 Å². The van der Waals surface area contributed by atoms with E-state index in [4.69, 9.17) is 4.74 Å². The van der Waals surface area contributed by atoms with Crippen LogP contribution in [0.5, 0.6) is 5.75 Å². The molecular formula is C31H36N2O5S. The summed E-state index contributed by atoms with van der Waals surface area (Å²) in [5.74, 6) is -0.813. The minimum atomic E-state index is -3.79. The average Bonchev–Trinajstić information content (AvgIpc) is 3.02. The van der Waals surface area contributed by atoms with E-state index in [1.807, 2.05) is 38.1 Å². The summed E-state index contributed by atoms with van der Waals surface area (Å²) in [4.78, 5) is 14.4. The summed E-state index contributed by atoms with van der Waals surface area (Å²) in [7, 11) is -1.68. The monoisotopic (exact) mass is 548 g/mol. The lowest BCUT2D eigenvalue weighted by molar-refractivity contribution is -0.137. The zero-order valence-corrected chi connectivity index (χ0v) is 23.6. The molecule has 8 heteroatoms. The van der Waals surface area contributed by atoms with Crippen LogP contribution in [-0.2, 0) is 34.3 Å². The highest BCUT2D eigenvalue weighted by Gasteiger charge is 2.34. The molecule has 3 aromatic carbocycles. The molecule has 0 saturated carbocycles. The third-order valence-corrected chi connectivity index (χ3v) is 9.81. The van der Waals surface area contributed by atoms with E-state index in [-0.39, 0.29) is 36.4 Å². The molecule has 1 N–H and O–H groups in total. The molecule has 0 amide bonds. The molecule has 2 aliphatic rings. The van der Waals surface area contributed by atoms with E-state index in [0.29, 0.717) is 12.2 Å². The Labute approximate surface area is 231 Å². The first-order valence-corrected chi connectivity index (χ1v) is 15.0. The summed E-state index contributed by atoms with van der Waals surface area (Å²) in [5, 5.41) is 9.81. The molecule has 0 saturated heterocycles. The van der Waals surface area contributed by atoms with Crippen LogP contribution in [0.15, 0.2) is 65.6 Å². The standard InChI is InChI=1S/C31H36N2O5S/c1-4-27-20-33(39(36,37)30-8-6-5-7-29(30)38-27)19-26-16-23(10-9-21(26)2)28(17-31(34)35)24-11-12-25-18-32(3)14-13-22(25)15-24/h5-12,15-16,27-28H,4,13-14,17-20H2,1-3H3,(H,34,35). The summed E-state index contributed by atoms with van der Waals surface area (Å²) in [5.41, 5.74) is 6.23. The normalized spacial score (nSPS) is 19.8. The SMILES string of the molecule is CCC1CN(Cc2cc(C(CC(=O)O)c3ccc4c(c3)CCN(C)C4)ccc2C)S(=O)(=O)c2ccccc2O1. The van der Waals surface area contributed by atoms with Gasteiger partial charge in [0.25, 0.3) is 0 Å². The van der Waals surface area contributed by atoms with E-state index in [2.05, 4.69) is 24.1 Å². The number of carbonyl (C=O) groups is 1. The molecule has 0 spiro atoms. The third-order valence-electron chi connectivity index (χ3n) is 7.96. The Hall–Kier alpha value is -3.20. The smallest absolute Gasteiger partial charge is 0.304 e. The van der Waals surface area contributed by atoms with Gasteiger partial charge in [-0.2, -0.15) is 4.31 Å². The van der Waals surface area contributed by atoms with Crippen molar-refractivity contribution in [2.75, 3.05) is 20.1 Å². The van der Waals surface area contributed by atoms with Gasteiger partial charge in [-0.25, -0.2) is 8.42 Å². The number of hydrogen-bond donors (Lipinski definition) is 1. The zero-order valence-electron chi connectivity index (χ0n) is 22.8. The Balaban J connectivity index is 1.50. The Morgan fingerprint density at radius 2 is 1.82 bits per heavy atom. The van der Waals surface area contributed by atoms with Gasteiger partial charge in [0.15, 0.2) is 0 Å². The van der Waals surface area contributed by atoms with Gasteiger partial charge in [0.1, 0.15) is 16.7 Å². The van der Waals surface area contributed by atoms with E-state index < -0.39 is 16.0 Å². The van der Waals surface area contributed by atoms with Gasteiger partial charge in [0.05, 0.1) is 13.0 Å². The van der Waals surface area contributed by atoms with Crippen LogP contribution in [0.3, 0.4) is 0 Å². The van der Waals surface area contributed by atoms with Gasteiger partial charge in [-0.05, 0) is 72.3 Å². The first kappa shape index (κ1) is 27.4. The highest BCUT2D eigenvalue weighted by molar-refractivity contribution is 7.89. The van der Waals surface area contributed by atoms with Gasteiger partial charge < -0.3 is 14.7 Å². The van der Waals surface area contributed by atoms with Crippen molar-refractivity contribution >= 4 is 16.0 Å². The number of para-hydroxylation sites is 1. The fourth-order valence-corrected chi connectivity index (χ4v) is 7.18. The number of ether oxygens (including phenoxy) is 1. The second kappa shape index (κ2) is 11.1. The van der Waals surface area contributed by atoms with E-state index in [1.165, 1.54) is 15.4 Å². The highest BCUT2D eigenvalue weighted by atomic mass is 32.2. The Morgan fingerprint density at radius 1 is 1.08 bits per heavy atom. The molecule has 39 heavy (non-hydrogen) atoms. The van der Waals surface area contributed by atoms with Gasteiger partial charge in [-0.15, -0.1) is 0 Å². The number of carboxylic acid groups (broad SMARTS) is 1. The molecule has 0 bridgehead atoms. The molecule has 5 rings (SSSR count). The summed E-state index contributed by atoms with van der Waals surface area (Å²) in [6.45, 7) is 6.26. The van der Waals surface area contributed by atoms with Gasteiger partial charge >= 0.3 is 5.97 Å². The van der Waals surface area contributed by atoms with Crippen LogP contribution in [-0.4, -0.2) is 54.9 Å². The van der Waals surface area contributed by atoms with Crippen molar-refractivity contribution in [1.29, 1.82) is 0 Å². The lowest BCUT2D eigenvalue weighted by Gasteiger charge is -2.27. The molecule has 2 atom stereocenters. The molecule has 2 unspecified atom stereocenters. The van der Waals surface area contributed by atoms with Gasteiger partial charge in [0.2, 0.25) is 10.0 Å². The number of likely N-dealkylation sites (N-methyl/N-ethyl adjacent to an activating group) is 1. The van der Waals surface area contributed by atoms with Gasteiger partial charge in [-0.1, -0.05) is 55.5 Å². The maximum Gasteiger partial charge on any atom is 0.304 e. The molecule has 206 valence electrons. The number of hydrogen-bond acceptors (Lipinski definition) is 5. The van der Waals surface area contributed by atoms with Crippen LogP contribution in [0.25, 0.3) is 0 Å². The number of carboxylic acids is 1. The van der Waals surface area contributed by atoms with Crippen LogP contribution in [0, 0.1) is 6.92 Å². The van der Waals surface area contributed by atoms with Crippen molar-refractivity contribution < 1.29 is 23.1 Å². The fourth-order valence-electron chi connectivity index (χ4n) is 5.61. The van der Waals surface area contributed by atoms with Crippen LogP contribution < -0.4 is 4.74 Å². The van der Waals surface area contributed by atoms with Crippen molar-refractivity contribution in [2.24, 2.45) is 0 Å². The number of aliphatic carboxylic acids is 1. The molecule has 2 heterocycles. The molecular weight excluding hydrogens is 512 g/mol. The van der Waals surface area contributed by atoms with Crippen molar-refractivity contribution in [3.05, 3.63) is 94.0 Å². The van der Waals surface area contributed by atoms with Crippen molar-refractivity contribution in [3.8, 4) is 5.75 Å². The molecule has 3 aromatic rings. The number of benzene rings is 3. The predicted octanol–water partition coefficient (Wildman–Crippen LogP) is 4.95. The summed E-state index contributed by atoms with van der Waals surface area (Å²) in [6, 6.07) is 19.1. The minimum Gasteiger partial charge on any atom is -0.488 e. The first-order chi connectivity index (χ1) is 18.7. The molecule has 2 aliphatic heterocycles. The molecule has 0 fully saturated rings. The van der Waals surface area contributed by atoms with Crippen LogP contribution in [0.1, 0.15) is 59.1 Å². The maximum absolute atomic E-state index is 13.7. The lowest BCUT2D eigenvalue weighted by Crippen LogP contribution is -2.36. The van der Waals surface area contributed by atoms with Crippen molar-refractivity contribution in [1.82, 2.24) is 9.21 Å². The van der Waals surface area contributed by atoms with Crippen molar-refractivity contribution in [3.63, 3.8) is 0 Å². The van der Waals surface area contributed by atoms with E-state index in [0.717, 1.165) is 41.8 Å². The van der Waals surface area contributed by atoms with Crippen LogP contribution in [0.4, 0.5) is 0 Å². The number of sulfonamides is 1. The zero-order chi connectivity index (χ0) is 27.7. The Bertz CT molecular complexity index is 1490. The second-order valence-corrected chi connectivity index (χ2v) is 12.7. The van der Waals surface area contributed by atoms with Crippen LogP contribution >= 0.6 is 0 Å². The van der Waals surface area contributed by atoms with Gasteiger partial charge in [0, 0.05) is 25.6 Å². The lowest BCUT2D eigenvalue weighted by atomic mass is 9.84. The molecule has 0 aromatic heterocycles. The van der Waals surface area contributed by atoms with Crippen LogP contribution in [0.2, 0.25) is 0 Å². The highest BCUT2D eigenvalue weighted by Crippen LogP contribution is 2.35.